The van der Waals surface area contributed by atoms with Gasteiger partial charge in [0, 0.05) is 11.4 Å². The minimum absolute atomic E-state index is 0.0776. The summed E-state index contributed by atoms with van der Waals surface area (Å²) in [6.45, 7) is 1.69. The Bertz CT molecular complexity index is 1070. The van der Waals surface area contributed by atoms with E-state index in [9.17, 15) is 23.5 Å². The van der Waals surface area contributed by atoms with Crippen molar-refractivity contribution in [3.05, 3.63) is 83.4 Å². The standard InChI is InChI=1S/C22H18F2N2O4/c1-2-30-22(29)18-12-20(26-16-9-5-14(24)6-10-16)19(11-17(18)21(27)28)25-15-7-3-13(23)4-8-15/h3-12,25-26H,2H2,1H3,(H,27,28). The molecule has 0 unspecified atom stereocenters. The first-order chi connectivity index (χ1) is 14.4. The highest BCUT2D eigenvalue weighted by atomic mass is 19.1. The van der Waals surface area contributed by atoms with Crippen LogP contribution in [0.2, 0.25) is 0 Å². The summed E-state index contributed by atoms with van der Waals surface area (Å²) in [5.41, 5.74) is 1.27. The van der Waals surface area contributed by atoms with Gasteiger partial charge in [-0.3, -0.25) is 0 Å². The molecule has 0 aliphatic rings. The third-order valence-corrected chi connectivity index (χ3v) is 4.13. The number of benzene rings is 3. The van der Waals surface area contributed by atoms with E-state index in [1.165, 1.54) is 60.7 Å². The van der Waals surface area contributed by atoms with Crippen LogP contribution in [-0.2, 0) is 4.74 Å². The molecule has 0 aromatic heterocycles. The summed E-state index contributed by atoms with van der Waals surface area (Å²) in [6.07, 6.45) is 0. The average molecular weight is 412 g/mol. The summed E-state index contributed by atoms with van der Waals surface area (Å²) < 4.78 is 31.4. The zero-order chi connectivity index (χ0) is 21.7. The van der Waals surface area contributed by atoms with Crippen molar-refractivity contribution in [2.75, 3.05) is 17.2 Å². The zero-order valence-electron chi connectivity index (χ0n) is 15.9. The summed E-state index contributed by atoms with van der Waals surface area (Å²) in [4.78, 5) is 24.0. The Labute approximate surface area is 171 Å². The molecule has 0 amide bonds. The van der Waals surface area contributed by atoms with Crippen LogP contribution in [-0.4, -0.2) is 23.7 Å². The van der Waals surface area contributed by atoms with Crippen LogP contribution < -0.4 is 10.6 Å². The van der Waals surface area contributed by atoms with Gasteiger partial charge in [-0.05, 0) is 67.6 Å². The van der Waals surface area contributed by atoms with Crippen molar-refractivity contribution in [2.45, 2.75) is 6.92 Å². The van der Waals surface area contributed by atoms with Crippen LogP contribution in [0.1, 0.15) is 27.6 Å². The smallest absolute Gasteiger partial charge is 0.339 e. The number of hydrogen-bond donors (Lipinski definition) is 3. The van der Waals surface area contributed by atoms with Crippen molar-refractivity contribution < 1.29 is 28.2 Å². The lowest BCUT2D eigenvalue weighted by Gasteiger charge is -2.17. The number of halogens is 2. The predicted octanol–water partition coefficient (Wildman–Crippen LogP) is 5.33. The quantitative estimate of drug-likeness (QED) is 0.455. The van der Waals surface area contributed by atoms with Crippen LogP contribution in [0.3, 0.4) is 0 Å². The number of rotatable bonds is 7. The second kappa shape index (κ2) is 9.04. The first-order valence-electron chi connectivity index (χ1n) is 9.01. The van der Waals surface area contributed by atoms with Crippen molar-refractivity contribution in [1.82, 2.24) is 0 Å². The predicted molar refractivity (Wildman–Crippen MR) is 109 cm³/mol. The molecule has 0 bridgehead atoms. The van der Waals surface area contributed by atoms with Crippen LogP contribution in [0.25, 0.3) is 0 Å². The molecule has 0 aliphatic carbocycles. The minimum Gasteiger partial charge on any atom is -0.478 e. The van der Waals surface area contributed by atoms with Gasteiger partial charge in [-0.2, -0.15) is 0 Å². The van der Waals surface area contributed by atoms with Gasteiger partial charge in [0.25, 0.3) is 0 Å². The van der Waals surface area contributed by atoms with E-state index in [2.05, 4.69) is 10.6 Å². The molecule has 3 aromatic rings. The number of esters is 1. The molecule has 30 heavy (non-hydrogen) atoms. The van der Waals surface area contributed by atoms with Gasteiger partial charge in [0.1, 0.15) is 11.6 Å². The van der Waals surface area contributed by atoms with E-state index >= 15 is 0 Å². The molecule has 154 valence electrons. The fraction of sp³-hybridized carbons (Fsp3) is 0.0909. The van der Waals surface area contributed by atoms with Crippen molar-refractivity contribution in [3.63, 3.8) is 0 Å². The monoisotopic (exact) mass is 412 g/mol. The molecule has 0 saturated carbocycles. The van der Waals surface area contributed by atoms with Gasteiger partial charge < -0.3 is 20.5 Å². The highest BCUT2D eigenvalue weighted by Crippen LogP contribution is 2.32. The lowest BCUT2D eigenvalue weighted by Crippen LogP contribution is -2.13. The van der Waals surface area contributed by atoms with E-state index in [1.54, 1.807) is 6.92 Å². The topological polar surface area (TPSA) is 87.7 Å². The SMILES string of the molecule is CCOC(=O)c1cc(Nc2ccc(F)cc2)c(Nc2ccc(F)cc2)cc1C(=O)O. The highest BCUT2D eigenvalue weighted by Gasteiger charge is 2.21. The summed E-state index contributed by atoms with van der Waals surface area (Å²) in [5, 5.41) is 15.6. The van der Waals surface area contributed by atoms with Crippen LogP contribution in [0.4, 0.5) is 31.5 Å². The first kappa shape index (κ1) is 20.8. The van der Waals surface area contributed by atoms with Crippen LogP contribution in [0, 0.1) is 11.6 Å². The molecule has 0 radical (unpaired) electrons. The van der Waals surface area contributed by atoms with Gasteiger partial charge in [-0.1, -0.05) is 0 Å². The van der Waals surface area contributed by atoms with Crippen LogP contribution >= 0.6 is 0 Å². The van der Waals surface area contributed by atoms with Gasteiger partial charge in [0.15, 0.2) is 0 Å². The Balaban J connectivity index is 2.09. The molecule has 0 spiro atoms. The molecule has 0 saturated heterocycles. The molecule has 3 rings (SSSR count). The van der Waals surface area contributed by atoms with Crippen molar-refractivity contribution in [3.8, 4) is 0 Å². The van der Waals surface area contributed by atoms with E-state index in [0.29, 0.717) is 22.7 Å². The number of carbonyl (C=O) groups excluding carboxylic acids is 1. The van der Waals surface area contributed by atoms with Crippen molar-refractivity contribution in [2.24, 2.45) is 0 Å². The second-order valence-electron chi connectivity index (χ2n) is 6.23. The van der Waals surface area contributed by atoms with E-state index < -0.39 is 23.6 Å². The fourth-order valence-corrected chi connectivity index (χ4v) is 2.74. The molecule has 3 aromatic carbocycles. The molecular formula is C22H18F2N2O4. The largest absolute Gasteiger partial charge is 0.478 e. The highest BCUT2D eigenvalue weighted by molar-refractivity contribution is 6.05. The molecule has 0 atom stereocenters. The number of aromatic carboxylic acids is 1. The average Bonchev–Trinajstić information content (AvgIpc) is 2.72. The zero-order valence-corrected chi connectivity index (χ0v) is 15.9. The summed E-state index contributed by atoms with van der Waals surface area (Å²) in [5.74, 6) is -2.94. The van der Waals surface area contributed by atoms with E-state index in [1.807, 2.05) is 0 Å². The summed E-state index contributed by atoms with van der Waals surface area (Å²) >= 11 is 0. The molecule has 6 nitrogen and oxygen atoms in total. The number of nitrogens with one attached hydrogen (secondary N) is 2. The molecule has 0 fully saturated rings. The third kappa shape index (κ3) is 4.91. The Morgan fingerprint density at radius 1 is 0.833 bits per heavy atom. The van der Waals surface area contributed by atoms with Gasteiger partial charge >= 0.3 is 11.9 Å². The maximum Gasteiger partial charge on any atom is 0.339 e. The number of ether oxygens (including phenoxy) is 1. The maximum atomic E-state index is 13.2. The number of carbonyl (C=O) groups is 2. The lowest BCUT2D eigenvalue weighted by atomic mass is 10.0. The van der Waals surface area contributed by atoms with Crippen LogP contribution in [0.5, 0.6) is 0 Å². The number of anilines is 4. The lowest BCUT2D eigenvalue weighted by molar-refractivity contribution is 0.0514. The summed E-state index contributed by atoms with van der Waals surface area (Å²) in [7, 11) is 0. The number of carboxylic acids is 1. The molecule has 0 aliphatic heterocycles. The second-order valence-corrected chi connectivity index (χ2v) is 6.23. The normalized spacial score (nSPS) is 10.4. The summed E-state index contributed by atoms with van der Waals surface area (Å²) in [6, 6.07) is 13.6. The number of carboxylic acid groups (broad SMARTS) is 1. The van der Waals surface area contributed by atoms with Gasteiger partial charge in [-0.25, -0.2) is 18.4 Å². The van der Waals surface area contributed by atoms with Crippen molar-refractivity contribution in [1.29, 1.82) is 0 Å². The molecule has 0 heterocycles. The Hall–Kier alpha value is -3.94. The Morgan fingerprint density at radius 2 is 1.27 bits per heavy atom. The Morgan fingerprint density at radius 3 is 1.67 bits per heavy atom. The molecule has 8 heteroatoms. The van der Waals surface area contributed by atoms with E-state index in [0.717, 1.165) is 0 Å². The fourth-order valence-electron chi connectivity index (χ4n) is 2.74. The molecule has 3 N–H and O–H groups in total. The van der Waals surface area contributed by atoms with Crippen molar-refractivity contribution >= 4 is 34.7 Å². The van der Waals surface area contributed by atoms with E-state index in [4.69, 9.17) is 4.74 Å². The van der Waals surface area contributed by atoms with Gasteiger partial charge in [0.2, 0.25) is 0 Å². The minimum atomic E-state index is -1.31. The van der Waals surface area contributed by atoms with E-state index in [-0.39, 0.29) is 17.7 Å². The van der Waals surface area contributed by atoms with Gasteiger partial charge in [-0.15, -0.1) is 0 Å². The Kier molecular flexibility index (Phi) is 6.26. The van der Waals surface area contributed by atoms with Gasteiger partial charge in [0.05, 0.1) is 29.1 Å². The number of hydrogen-bond acceptors (Lipinski definition) is 5. The molecular weight excluding hydrogens is 394 g/mol. The third-order valence-electron chi connectivity index (χ3n) is 4.13. The first-order valence-corrected chi connectivity index (χ1v) is 9.01. The van der Waals surface area contributed by atoms with Crippen LogP contribution in [0.15, 0.2) is 60.7 Å². The maximum absolute atomic E-state index is 13.2.